The van der Waals surface area contributed by atoms with Crippen LogP contribution in [0.15, 0.2) is 97.6 Å². The van der Waals surface area contributed by atoms with Crippen molar-refractivity contribution in [1.29, 1.82) is 5.41 Å². The lowest BCUT2D eigenvalue weighted by atomic mass is 9.98. The predicted molar refractivity (Wildman–Crippen MR) is 490 cm³/mol. The number of carbonyl (C=O) groups is 18. The average Bonchev–Trinajstić information content (AvgIpc) is 1.73. The van der Waals surface area contributed by atoms with E-state index in [1.807, 2.05) is 30.3 Å². The van der Waals surface area contributed by atoms with Crippen molar-refractivity contribution >= 4 is 135 Å². The van der Waals surface area contributed by atoms with Crippen LogP contribution >= 0.6 is 11.8 Å². The third-order valence-electron chi connectivity index (χ3n) is 21.7. The number of carboxylic acid groups (broad SMARTS) is 1. The summed E-state index contributed by atoms with van der Waals surface area (Å²) < 4.78 is 0. The number of imidazole rings is 1. The molecule has 28 N–H and O–H groups in total. The van der Waals surface area contributed by atoms with Gasteiger partial charge in [0.1, 0.15) is 90.6 Å². The maximum atomic E-state index is 15.4. The third kappa shape index (κ3) is 34.6. The SMILES string of the molecule is CC(C)C[C@@H]1NC(=O)[C@H](CCN)NC(=O)[C@@H](CC(C)C)NC(=O)[C@H](C)N(C)C(=O)[C@H](CCCNC(=N)N)NC(=O)[C@H](Cc2ccc(-c3ccccc3)cc2)NC(=O)[C@H](C(C)C)NC(=O)[C@H](Cc2c[nH]c3ccccc23)NC(=O)[C@H](CC(=O)O)NC(=O)[C@H](Cc2cnc[nH]2)NC(=O)[C@H](CC(N)=O)NC(=O)CSC[C@@H](C(=O)N[C@@H](C)C(N)=O)NC(=O)[C@H]([C@@H](C)O)NC(=O)[C@H](C(C)C)NC1=O. The number of H-pyrrole nitrogens is 2. The van der Waals surface area contributed by atoms with Gasteiger partial charge in [-0.1, -0.05) is 128 Å². The van der Waals surface area contributed by atoms with Crippen LogP contribution in [0.4, 0.5) is 0 Å². The van der Waals surface area contributed by atoms with Gasteiger partial charge in [0, 0.05) is 67.6 Å². The molecule has 3 heterocycles. The van der Waals surface area contributed by atoms with Crippen LogP contribution < -0.4 is 103 Å². The summed E-state index contributed by atoms with van der Waals surface area (Å²) in [6, 6.07) is -1.65. The highest BCUT2D eigenvalue weighted by atomic mass is 32.2. The summed E-state index contributed by atoms with van der Waals surface area (Å²) in [5.41, 5.74) is 26.0. The number of hydrogen-bond acceptors (Lipinski definition) is 23. The smallest absolute Gasteiger partial charge is 0.305 e. The number of nitrogens with one attached hydrogen (secondary N) is 18. The van der Waals surface area contributed by atoms with Gasteiger partial charge in [-0.15, -0.1) is 11.8 Å². The van der Waals surface area contributed by atoms with Gasteiger partial charge in [-0.25, -0.2) is 4.98 Å². The molecule has 1 saturated heterocycles. The summed E-state index contributed by atoms with van der Waals surface area (Å²) in [4.78, 5) is 270. The number of aliphatic hydroxyl groups excluding tert-OH is 1. The molecule has 0 bridgehead atoms. The molecule has 0 spiro atoms. The first-order chi connectivity index (χ1) is 62.7. The Hall–Kier alpha value is -13.6. The number of thioether (sulfide) groups is 1. The first-order valence-electron chi connectivity index (χ1n) is 43.8. The van der Waals surface area contributed by atoms with Crippen LogP contribution in [0.25, 0.3) is 22.0 Å². The highest BCUT2D eigenvalue weighted by molar-refractivity contribution is 8.00. The molecule has 1 fully saturated rings. The normalized spacial score (nSPS) is 23.8. The summed E-state index contributed by atoms with van der Waals surface area (Å²) >= 11 is 0.620. The van der Waals surface area contributed by atoms with Gasteiger partial charge >= 0.3 is 5.97 Å². The average molecular weight is 1870 g/mol. The van der Waals surface area contributed by atoms with E-state index in [0.717, 1.165) is 23.0 Å². The van der Waals surface area contributed by atoms with Crippen molar-refractivity contribution in [3.8, 4) is 11.1 Å². The lowest BCUT2D eigenvalue weighted by Gasteiger charge is -2.32. The molecule has 133 heavy (non-hydrogen) atoms. The minimum absolute atomic E-state index is 0.00675. The van der Waals surface area contributed by atoms with E-state index in [9.17, 15) is 72.5 Å². The molecule has 2 aromatic heterocycles. The number of carbonyl (C=O) groups excluding carboxylic acids is 17. The first-order valence-corrected chi connectivity index (χ1v) is 44.9. The van der Waals surface area contributed by atoms with Crippen molar-refractivity contribution < 1.29 is 96.5 Å². The van der Waals surface area contributed by atoms with Crippen molar-refractivity contribution in [1.82, 2.24) is 99.6 Å². The van der Waals surface area contributed by atoms with Crippen molar-refractivity contribution in [2.45, 2.75) is 237 Å². The molecule has 5 aromatic rings. The molecule has 0 aliphatic carbocycles. The Balaban J connectivity index is 1.48. The van der Waals surface area contributed by atoms with E-state index in [2.05, 4.69) is 94.7 Å². The summed E-state index contributed by atoms with van der Waals surface area (Å²) in [6.07, 6.45) is -1.60. The van der Waals surface area contributed by atoms with E-state index >= 15 is 24.0 Å². The molecule has 44 nitrogen and oxygen atoms in total. The van der Waals surface area contributed by atoms with Crippen LogP contribution in [0.5, 0.6) is 0 Å². The van der Waals surface area contributed by atoms with E-state index in [1.54, 1.807) is 90.1 Å². The Kier molecular flexibility index (Phi) is 42.7. The number of guanidine groups is 1. The second kappa shape index (κ2) is 52.5. The fraction of sp³-hybridized carbons (Fsp3) is 0.523. The van der Waals surface area contributed by atoms with Gasteiger partial charge in [-0.3, -0.25) is 91.7 Å². The number of nitrogens with two attached hydrogens (primary N) is 4. The van der Waals surface area contributed by atoms with Gasteiger partial charge in [0.15, 0.2) is 5.96 Å². The number of rotatable bonds is 27. The van der Waals surface area contributed by atoms with Gasteiger partial charge < -0.3 is 128 Å². The monoisotopic (exact) mass is 1870 g/mol. The minimum atomic E-state index is -2.11. The predicted octanol–water partition coefficient (Wildman–Crippen LogP) is -3.78. The Morgan fingerprint density at radius 1 is 0.526 bits per heavy atom. The van der Waals surface area contributed by atoms with Crippen LogP contribution in [-0.2, 0) is 106 Å². The summed E-state index contributed by atoms with van der Waals surface area (Å²) in [7, 11) is 1.26. The number of fused-ring (bicyclic) bond motifs is 1. The molecule has 1 aliphatic heterocycles. The second-order valence-electron chi connectivity index (χ2n) is 34.3. The lowest BCUT2D eigenvalue weighted by molar-refractivity contribution is -0.143. The van der Waals surface area contributed by atoms with Gasteiger partial charge in [0.25, 0.3) is 0 Å². The molecular weight excluding hydrogens is 1750 g/mol. The van der Waals surface area contributed by atoms with Crippen molar-refractivity contribution in [3.05, 3.63) is 114 Å². The van der Waals surface area contributed by atoms with Crippen LogP contribution in [0, 0.1) is 29.1 Å². The Labute approximate surface area is 773 Å². The summed E-state index contributed by atoms with van der Waals surface area (Å²) in [6.45, 7) is 16.5. The zero-order valence-electron chi connectivity index (χ0n) is 76.5. The van der Waals surface area contributed by atoms with Crippen LogP contribution in [0.2, 0.25) is 0 Å². The van der Waals surface area contributed by atoms with Gasteiger partial charge in [-0.05, 0) is 111 Å². The van der Waals surface area contributed by atoms with E-state index in [4.69, 9.17) is 28.3 Å². The molecule has 0 unspecified atom stereocenters. The van der Waals surface area contributed by atoms with Gasteiger partial charge in [0.05, 0.1) is 31.0 Å². The van der Waals surface area contributed by atoms with E-state index in [1.165, 1.54) is 53.5 Å². The molecule has 0 radical (unpaired) electrons. The fourth-order valence-corrected chi connectivity index (χ4v) is 15.1. The fourth-order valence-electron chi connectivity index (χ4n) is 14.2. The van der Waals surface area contributed by atoms with E-state index in [-0.39, 0.29) is 75.6 Å². The van der Waals surface area contributed by atoms with Crippen molar-refractivity contribution in [2.24, 2.45) is 46.6 Å². The van der Waals surface area contributed by atoms with Crippen LogP contribution in [-0.4, -0.2) is 271 Å². The van der Waals surface area contributed by atoms with E-state index in [0.29, 0.717) is 33.8 Å². The molecule has 3 aromatic carbocycles. The number of aliphatic carboxylic acids is 1. The highest BCUT2D eigenvalue weighted by Crippen LogP contribution is 2.24. The first kappa shape index (κ1) is 108. The summed E-state index contributed by atoms with van der Waals surface area (Å²) in [5.74, 6) is -23.7. The quantitative estimate of drug-likeness (QED) is 0.0136. The molecule has 17 amide bonds. The number of aromatic amines is 2. The largest absolute Gasteiger partial charge is 0.481 e. The number of primary amides is 2. The second-order valence-corrected chi connectivity index (χ2v) is 35.4. The molecule has 6 rings (SSSR count). The molecule has 1 aliphatic rings. The standard InChI is InChI=1S/C88H128N24O20S/c1-43(2)31-59-76(121)100-57(28-29-89)75(120)103-60(32-44(3)4)81(126)110-71(46(7)8)85(130)111-72(49(11)113)86(131)108-66(83(128)98-47(9)73(91)118)40-133-41-68(115)99-64(36-67(90)114)79(124)105-63(35-54-39-94-42-97-54)78(123)106-65(37-69(116)117)80(125)104-62(34-53-38-96-56-22-17-16-21-55(53)56)82(127)109-70(45(5)6)84(129)107-61(33-50-24-26-52(27-25-50)51-19-14-13-15-20-51)77(122)101-58(23-18-30-95-88(92)93)87(132)112(12)48(10)74(119)102-59/h13-17,19-22,24-27,38-39,42-49,57-66,70-72,96,113H,18,23,28-37,40-41,89H2,1-12H3,(H2,90,114)(H2,91,118)(H,94,97)(H,98,128)(H,99,115)(H,100,121)(H,101,122)(H,102,119)(H,103,120)(H,104,125)(H,105,124)(H,106,123)(H,107,129)(H,108,131)(H,109,127)(H,110,126)(H,111,130)(H,116,117)(H4,92,93,95)/t47-,48-,49+,57-,58-,59+,60-,61-,62-,63-,64-,65-,66-,70-,71-,72-/m0/s1. The van der Waals surface area contributed by atoms with Gasteiger partial charge in [0.2, 0.25) is 100 Å². The number of nitrogens with zero attached hydrogens (tertiary/aromatic N) is 2. The van der Waals surface area contributed by atoms with E-state index < -0.39 is 252 Å². The molecule has 16 atom stereocenters. The Morgan fingerprint density at radius 2 is 1.00 bits per heavy atom. The van der Waals surface area contributed by atoms with Crippen molar-refractivity contribution in [3.63, 3.8) is 0 Å². The third-order valence-corrected chi connectivity index (χ3v) is 22.8. The number of carboxylic acids is 1. The van der Waals surface area contributed by atoms with Crippen LogP contribution in [0.1, 0.15) is 138 Å². The number of hydrogen-bond donors (Lipinski definition) is 24. The zero-order valence-corrected chi connectivity index (χ0v) is 77.4. The molecule has 45 heteroatoms. The maximum Gasteiger partial charge on any atom is 0.305 e. The van der Waals surface area contributed by atoms with Crippen molar-refractivity contribution in [2.75, 3.05) is 31.6 Å². The summed E-state index contributed by atoms with van der Waals surface area (Å²) in [5, 5.41) is 68.2. The number of aliphatic hydroxyl groups is 1. The highest BCUT2D eigenvalue weighted by Gasteiger charge is 2.42. The Bertz CT molecular complexity index is 4900. The molecular formula is C88H128N24O20S. The number of aromatic nitrogens is 3. The molecule has 0 saturated carbocycles. The molecule has 726 valence electrons. The topological polar surface area (TPSA) is 704 Å². The van der Waals surface area contributed by atoms with Gasteiger partial charge in [-0.2, -0.15) is 0 Å². The van der Waals surface area contributed by atoms with Crippen LogP contribution in [0.3, 0.4) is 0 Å². The number of likely N-dealkylation sites (N-methyl/N-ethyl adjacent to an activating group) is 1. The lowest BCUT2D eigenvalue weighted by Crippen LogP contribution is -2.63. The minimum Gasteiger partial charge on any atom is -0.481 e. The Morgan fingerprint density at radius 3 is 1.55 bits per heavy atom. The number of benzene rings is 3. The zero-order chi connectivity index (χ0) is 98.8. The number of para-hydroxylation sites is 1. The maximum absolute atomic E-state index is 15.4. The number of amides is 17.